The quantitative estimate of drug-likeness (QED) is 0.890. The molecule has 0 spiro atoms. The molecular formula is C12H14BrFN2O2. The molecule has 0 bridgehead atoms. The van der Waals surface area contributed by atoms with Crippen LogP contribution in [0.4, 0.5) is 4.39 Å². The zero-order valence-corrected chi connectivity index (χ0v) is 11.7. The van der Waals surface area contributed by atoms with Gasteiger partial charge in [0.15, 0.2) is 0 Å². The molecule has 6 heteroatoms. The van der Waals surface area contributed by atoms with E-state index in [1.807, 2.05) is 0 Å². The summed E-state index contributed by atoms with van der Waals surface area (Å²) < 4.78 is 14.1. The molecule has 1 atom stereocenters. The first-order valence-corrected chi connectivity index (χ1v) is 6.28. The van der Waals surface area contributed by atoms with Gasteiger partial charge in [-0.3, -0.25) is 9.59 Å². The molecule has 0 saturated heterocycles. The number of nitrogens with one attached hydrogen (secondary N) is 2. The van der Waals surface area contributed by atoms with Gasteiger partial charge in [0.2, 0.25) is 5.91 Å². The largest absolute Gasteiger partial charge is 0.355 e. The predicted molar refractivity (Wildman–Crippen MR) is 69.7 cm³/mol. The molecule has 0 fully saturated rings. The Labute approximate surface area is 113 Å². The van der Waals surface area contributed by atoms with Crippen LogP contribution in [0.1, 0.15) is 24.2 Å². The Morgan fingerprint density at radius 3 is 2.67 bits per heavy atom. The van der Waals surface area contributed by atoms with Crippen LogP contribution in [0.3, 0.4) is 0 Å². The Hall–Kier alpha value is -1.43. The number of amides is 2. The summed E-state index contributed by atoms with van der Waals surface area (Å²) in [6.07, 6.45) is 0. The third-order valence-electron chi connectivity index (χ3n) is 2.27. The molecule has 1 unspecified atom stereocenters. The second-order valence-electron chi connectivity index (χ2n) is 3.71. The van der Waals surface area contributed by atoms with Crippen molar-refractivity contribution in [1.82, 2.24) is 10.6 Å². The monoisotopic (exact) mass is 316 g/mol. The fourth-order valence-electron chi connectivity index (χ4n) is 1.34. The van der Waals surface area contributed by atoms with Crippen LogP contribution in [0, 0.1) is 5.82 Å². The Bertz CT molecular complexity index is 465. The van der Waals surface area contributed by atoms with E-state index in [2.05, 4.69) is 26.6 Å². The molecule has 0 radical (unpaired) electrons. The van der Waals surface area contributed by atoms with E-state index in [4.69, 9.17) is 0 Å². The molecule has 2 amide bonds. The second-order valence-corrected chi connectivity index (χ2v) is 4.63. The molecule has 0 aliphatic carbocycles. The summed E-state index contributed by atoms with van der Waals surface area (Å²) in [5, 5.41) is 5.01. The van der Waals surface area contributed by atoms with Crippen molar-refractivity contribution in [2.45, 2.75) is 19.9 Å². The van der Waals surface area contributed by atoms with E-state index < -0.39 is 17.8 Å². The van der Waals surface area contributed by atoms with Gasteiger partial charge >= 0.3 is 0 Å². The van der Waals surface area contributed by atoms with Gasteiger partial charge in [-0.1, -0.05) is 15.9 Å². The number of carbonyl (C=O) groups is 2. The smallest absolute Gasteiger partial charge is 0.254 e. The average Bonchev–Trinajstić information content (AvgIpc) is 2.28. The molecule has 1 aromatic carbocycles. The van der Waals surface area contributed by atoms with Crippen molar-refractivity contribution in [3.8, 4) is 0 Å². The first-order chi connectivity index (χ1) is 8.45. The van der Waals surface area contributed by atoms with Gasteiger partial charge in [-0.05, 0) is 32.0 Å². The van der Waals surface area contributed by atoms with E-state index in [0.29, 0.717) is 11.0 Å². The first-order valence-electron chi connectivity index (χ1n) is 5.49. The summed E-state index contributed by atoms with van der Waals surface area (Å²) in [4.78, 5) is 23.2. The highest BCUT2D eigenvalue weighted by molar-refractivity contribution is 9.10. The van der Waals surface area contributed by atoms with Crippen LogP contribution in [0.5, 0.6) is 0 Å². The highest BCUT2D eigenvalue weighted by Gasteiger charge is 2.18. The van der Waals surface area contributed by atoms with E-state index in [9.17, 15) is 14.0 Å². The van der Waals surface area contributed by atoms with Crippen LogP contribution in [-0.4, -0.2) is 24.4 Å². The molecule has 0 saturated carbocycles. The maximum atomic E-state index is 13.5. The summed E-state index contributed by atoms with van der Waals surface area (Å²) >= 11 is 3.10. The minimum absolute atomic E-state index is 0.0886. The SMILES string of the molecule is CCNC(=O)C(C)NC(=O)c1ccc(Br)cc1F. The fourth-order valence-corrected chi connectivity index (χ4v) is 1.67. The van der Waals surface area contributed by atoms with Crippen LogP contribution < -0.4 is 10.6 Å². The van der Waals surface area contributed by atoms with Gasteiger partial charge in [0.05, 0.1) is 5.56 Å². The number of hydrogen-bond donors (Lipinski definition) is 2. The number of rotatable bonds is 4. The lowest BCUT2D eigenvalue weighted by atomic mass is 10.2. The highest BCUT2D eigenvalue weighted by Crippen LogP contribution is 2.15. The minimum atomic E-state index is -0.708. The first kappa shape index (κ1) is 14.6. The van der Waals surface area contributed by atoms with Crippen molar-refractivity contribution < 1.29 is 14.0 Å². The van der Waals surface area contributed by atoms with Crippen LogP contribution >= 0.6 is 15.9 Å². The Kier molecular flexibility index (Phi) is 5.27. The molecule has 0 aliphatic rings. The number of hydrogen-bond acceptors (Lipinski definition) is 2. The van der Waals surface area contributed by atoms with E-state index in [-0.39, 0.29) is 11.5 Å². The summed E-state index contributed by atoms with van der Waals surface area (Å²) in [6, 6.07) is 3.42. The lowest BCUT2D eigenvalue weighted by molar-refractivity contribution is -0.122. The van der Waals surface area contributed by atoms with Crippen molar-refractivity contribution >= 4 is 27.7 Å². The van der Waals surface area contributed by atoms with Crippen molar-refractivity contribution in [3.05, 3.63) is 34.1 Å². The molecular weight excluding hydrogens is 303 g/mol. The summed E-state index contributed by atoms with van der Waals surface area (Å²) in [5.74, 6) is -1.55. The van der Waals surface area contributed by atoms with E-state index in [1.165, 1.54) is 12.1 Å². The van der Waals surface area contributed by atoms with Gasteiger partial charge < -0.3 is 10.6 Å². The van der Waals surface area contributed by atoms with Gasteiger partial charge in [-0.15, -0.1) is 0 Å². The van der Waals surface area contributed by atoms with Crippen molar-refractivity contribution in [2.24, 2.45) is 0 Å². The van der Waals surface area contributed by atoms with Crippen molar-refractivity contribution in [2.75, 3.05) is 6.54 Å². The van der Waals surface area contributed by atoms with Crippen molar-refractivity contribution in [1.29, 1.82) is 0 Å². The summed E-state index contributed by atoms with van der Waals surface area (Å²) in [7, 11) is 0. The van der Waals surface area contributed by atoms with Gasteiger partial charge in [0.25, 0.3) is 5.91 Å². The minimum Gasteiger partial charge on any atom is -0.355 e. The zero-order chi connectivity index (χ0) is 13.7. The lowest BCUT2D eigenvalue weighted by Gasteiger charge is -2.13. The topological polar surface area (TPSA) is 58.2 Å². The normalized spacial score (nSPS) is 11.8. The molecule has 0 heterocycles. The van der Waals surface area contributed by atoms with Crippen molar-refractivity contribution in [3.63, 3.8) is 0 Å². The van der Waals surface area contributed by atoms with E-state index in [0.717, 1.165) is 0 Å². The number of benzene rings is 1. The van der Waals surface area contributed by atoms with Crippen LogP contribution in [-0.2, 0) is 4.79 Å². The number of likely N-dealkylation sites (N-methyl/N-ethyl adjacent to an activating group) is 1. The van der Waals surface area contributed by atoms with Crippen LogP contribution in [0.25, 0.3) is 0 Å². The average molecular weight is 317 g/mol. The summed E-state index contributed by atoms with van der Waals surface area (Å²) in [5.41, 5.74) is -0.0886. The lowest BCUT2D eigenvalue weighted by Crippen LogP contribution is -2.44. The van der Waals surface area contributed by atoms with E-state index in [1.54, 1.807) is 19.9 Å². The standard InChI is InChI=1S/C12H14BrFN2O2/c1-3-15-11(17)7(2)16-12(18)9-5-4-8(13)6-10(9)14/h4-7H,3H2,1-2H3,(H,15,17)(H,16,18). The molecule has 1 aromatic rings. The third-order valence-corrected chi connectivity index (χ3v) is 2.76. The fraction of sp³-hybridized carbons (Fsp3) is 0.333. The van der Waals surface area contributed by atoms with Gasteiger partial charge in [-0.2, -0.15) is 0 Å². The Morgan fingerprint density at radius 1 is 1.44 bits per heavy atom. The van der Waals surface area contributed by atoms with Gasteiger partial charge in [0, 0.05) is 11.0 Å². The molecule has 4 nitrogen and oxygen atoms in total. The molecule has 0 aliphatic heterocycles. The van der Waals surface area contributed by atoms with Gasteiger partial charge in [0.1, 0.15) is 11.9 Å². The maximum Gasteiger partial charge on any atom is 0.254 e. The molecule has 0 aromatic heterocycles. The van der Waals surface area contributed by atoms with Crippen LogP contribution in [0.2, 0.25) is 0 Å². The van der Waals surface area contributed by atoms with E-state index >= 15 is 0 Å². The van der Waals surface area contributed by atoms with Gasteiger partial charge in [-0.25, -0.2) is 4.39 Å². The number of halogens is 2. The Balaban J connectivity index is 2.73. The maximum absolute atomic E-state index is 13.5. The summed E-state index contributed by atoms with van der Waals surface area (Å²) in [6.45, 7) is 3.80. The van der Waals surface area contributed by atoms with Crippen LogP contribution in [0.15, 0.2) is 22.7 Å². The predicted octanol–water partition coefficient (Wildman–Crippen LogP) is 1.84. The second kappa shape index (κ2) is 6.49. The molecule has 1 rings (SSSR count). The number of carbonyl (C=O) groups excluding carboxylic acids is 2. The molecule has 98 valence electrons. The zero-order valence-electron chi connectivity index (χ0n) is 10.1. The third kappa shape index (κ3) is 3.80. The Morgan fingerprint density at radius 2 is 2.11 bits per heavy atom. The highest BCUT2D eigenvalue weighted by atomic mass is 79.9. The molecule has 18 heavy (non-hydrogen) atoms. The molecule has 2 N–H and O–H groups in total.